The highest BCUT2D eigenvalue weighted by molar-refractivity contribution is 7.80. The number of hydrogen-bond donors (Lipinski definition) is 1. The zero-order valence-corrected chi connectivity index (χ0v) is 16.6. The molecule has 0 spiro atoms. The van der Waals surface area contributed by atoms with Crippen molar-refractivity contribution in [2.45, 2.75) is 75.5 Å². The zero-order valence-electron chi connectivity index (χ0n) is 15.8. The molecule has 2 aliphatic carbocycles. The van der Waals surface area contributed by atoms with Gasteiger partial charge >= 0.3 is 0 Å². The van der Waals surface area contributed by atoms with Crippen LogP contribution < -0.4 is 5.32 Å². The fraction of sp³-hybridized carbons (Fsp3) is 0.545. The molecule has 1 saturated heterocycles. The van der Waals surface area contributed by atoms with Crippen LogP contribution in [-0.2, 0) is 0 Å². The molecule has 0 aromatic carbocycles. The van der Waals surface area contributed by atoms with E-state index in [0.717, 1.165) is 10.8 Å². The monoisotopic (exact) mass is 380 g/mol. The summed E-state index contributed by atoms with van der Waals surface area (Å²) in [5.41, 5.74) is 2.45. The molecule has 2 aromatic rings. The summed E-state index contributed by atoms with van der Waals surface area (Å²) < 4.78 is 2.45. The summed E-state index contributed by atoms with van der Waals surface area (Å²) in [5.74, 6) is 0. The lowest BCUT2D eigenvalue weighted by molar-refractivity contribution is 0.245. The minimum atomic E-state index is 0.124. The predicted molar refractivity (Wildman–Crippen MR) is 111 cm³/mol. The molecule has 0 radical (unpaired) electrons. The van der Waals surface area contributed by atoms with Gasteiger partial charge in [-0.25, -0.2) is 0 Å². The molecule has 4 nitrogen and oxygen atoms in total. The summed E-state index contributed by atoms with van der Waals surface area (Å²) >= 11 is 5.83. The topological polar surface area (TPSA) is 33.1 Å². The number of nitrogens with zero attached hydrogens (tertiary/aromatic N) is 3. The van der Waals surface area contributed by atoms with Crippen molar-refractivity contribution in [2.24, 2.45) is 0 Å². The molecule has 3 fully saturated rings. The first-order chi connectivity index (χ1) is 13.3. The third-order valence-corrected chi connectivity index (χ3v) is 7.01. The van der Waals surface area contributed by atoms with E-state index in [1.165, 1.54) is 56.9 Å². The van der Waals surface area contributed by atoms with Crippen LogP contribution in [0.15, 0.2) is 42.9 Å². The molecule has 2 aromatic heterocycles. The van der Waals surface area contributed by atoms with Crippen LogP contribution in [0, 0.1) is 0 Å². The van der Waals surface area contributed by atoms with Crippen LogP contribution in [-0.4, -0.2) is 25.6 Å². The van der Waals surface area contributed by atoms with Gasteiger partial charge in [-0.1, -0.05) is 31.7 Å². The SMILES string of the molecule is S=C1N[C@H](c2ccccn2)[C@H](c2ccn(C3CCCC3)c2)N1C1CCCC1. The Labute approximate surface area is 167 Å². The van der Waals surface area contributed by atoms with Crippen LogP contribution in [0.3, 0.4) is 0 Å². The van der Waals surface area contributed by atoms with E-state index in [1.54, 1.807) is 0 Å². The Bertz CT molecular complexity index is 790. The fourth-order valence-corrected chi connectivity index (χ4v) is 5.72. The molecule has 2 atom stereocenters. The molecule has 142 valence electrons. The van der Waals surface area contributed by atoms with Gasteiger partial charge in [0.05, 0.1) is 17.8 Å². The highest BCUT2D eigenvalue weighted by Crippen LogP contribution is 2.43. The quantitative estimate of drug-likeness (QED) is 0.764. The van der Waals surface area contributed by atoms with E-state index in [4.69, 9.17) is 12.2 Å². The predicted octanol–water partition coefficient (Wildman–Crippen LogP) is 4.91. The Morgan fingerprint density at radius 1 is 0.963 bits per heavy atom. The van der Waals surface area contributed by atoms with Crippen molar-refractivity contribution in [3.8, 4) is 0 Å². The molecule has 3 aliphatic rings. The Balaban J connectivity index is 1.51. The fourth-order valence-electron chi connectivity index (χ4n) is 5.33. The van der Waals surface area contributed by atoms with Crippen LogP contribution in [0.4, 0.5) is 0 Å². The first kappa shape index (κ1) is 17.2. The Morgan fingerprint density at radius 3 is 2.41 bits per heavy atom. The number of hydrogen-bond acceptors (Lipinski definition) is 2. The normalized spacial score (nSPS) is 26.8. The van der Waals surface area contributed by atoms with E-state index < -0.39 is 0 Å². The lowest BCUT2D eigenvalue weighted by atomic mass is 9.97. The summed E-state index contributed by atoms with van der Waals surface area (Å²) in [6, 6.07) is 10.1. The minimum Gasteiger partial charge on any atom is -0.352 e. The Kier molecular flexibility index (Phi) is 4.64. The number of nitrogens with one attached hydrogen (secondary N) is 1. The van der Waals surface area contributed by atoms with Crippen molar-refractivity contribution in [1.82, 2.24) is 19.8 Å². The molecule has 1 aliphatic heterocycles. The van der Waals surface area contributed by atoms with Crippen molar-refractivity contribution in [3.63, 3.8) is 0 Å². The molecular formula is C22H28N4S. The highest BCUT2D eigenvalue weighted by atomic mass is 32.1. The molecule has 27 heavy (non-hydrogen) atoms. The standard InChI is InChI=1S/C22H28N4S/c27-22-24-20(19-11-5-6-13-23-19)21(26(22)18-9-3-4-10-18)16-12-14-25(15-16)17-7-1-2-8-17/h5-6,11-15,17-18,20-21H,1-4,7-10H2,(H,24,27)/t20-,21+/m1/s1. The van der Waals surface area contributed by atoms with Crippen molar-refractivity contribution >= 4 is 17.3 Å². The summed E-state index contributed by atoms with van der Waals surface area (Å²) in [6.45, 7) is 0. The van der Waals surface area contributed by atoms with E-state index in [-0.39, 0.29) is 12.1 Å². The van der Waals surface area contributed by atoms with Crippen molar-refractivity contribution in [1.29, 1.82) is 0 Å². The number of pyridine rings is 1. The average Bonchev–Trinajstić information content (AvgIpc) is 3.46. The van der Waals surface area contributed by atoms with Gasteiger partial charge in [0, 0.05) is 30.7 Å². The summed E-state index contributed by atoms with van der Waals surface area (Å²) in [6.07, 6.45) is 17.0. The van der Waals surface area contributed by atoms with Gasteiger partial charge in [-0.05, 0) is 61.7 Å². The maximum absolute atomic E-state index is 5.83. The molecular weight excluding hydrogens is 352 g/mol. The van der Waals surface area contributed by atoms with E-state index in [1.807, 2.05) is 12.3 Å². The molecule has 0 unspecified atom stereocenters. The minimum absolute atomic E-state index is 0.124. The van der Waals surface area contributed by atoms with Crippen LogP contribution >= 0.6 is 12.2 Å². The van der Waals surface area contributed by atoms with E-state index >= 15 is 0 Å². The van der Waals surface area contributed by atoms with E-state index in [9.17, 15) is 0 Å². The van der Waals surface area contributed by atoms with Crippen LogP contribution in [0.25, 0.3) is 0 Å². The van der Waals surface area contributed by atoms with E-state index in [2.05, 4.69) is 50.4 Å². The van der Waals surface area contributed by atoms with Gasteiger partial charge in [0.1, 0.15) is 0 Å². The second-order valence-electron chi connectivity index (χ2n) is 8.30. The molecule has 1 N–H and O–H groups in total. The highest BCUT2D eigenvalue weighted by Gasteiger charge is 2.43. The van der Waals surface area contributed by atoms with Gasteiger partial charge < -0.3 is 14.8 Å². The second kappa shape index (κ2) is 7.27. The molecule has 3 heterocycles. The third-order valence-electron chi connectivity index (χ3n) is 6.68. The molecule has 2 saturated carbocycles. The van der Waals surface area contributed by atoms with Gasteiger partial charge in [0.15, 0.2) is 5.11 Å². The molecule has 0 amide bonds. The lowest BCUT2D eigenvalue weighted by Crippen LogP contribution is -2.37. The van der Waals surface area contributed by atoms with Crippen molar-refractivity contribution in [3.05, 3.63) is 54.1 Å². The maximum Gasteiger partial charge on any atom is 0.170 e. The smallest absolute Gasteiger partial charge is 0.170 e. The molecule has 0 bridgehead atoms. The van der Waals surface area contributed by atoms with Gasteiger partial charge in [-0.3, -0.25) is 4.98 Å². The van der Waals surface area contributed by atoms with E-state index in [0.29, 0.717) is 12.1 Å². The largest absolute Gasteiger partial charge is 0.352 e. The summed E-state index contributed by atoms with van der Waals surface area (Å²) in [4.78, 5) is 7.16. The molecule has 5 heteroatoms. The van der Waals surface area contributed by atoms with Gasteiger partial charge in [0.2, 0.25) is 0 Å². The zero-order chi connectivity index (χ0) is 18.2. The van der Waals surface area contributed by atoms with Crippen molar-refractivity contribution < 1.29 is 0 Å². The Hall–Kier alpha value is -1.88. The number of thiocarbonyl (C=S) groups is 1. The Morgan fingerprint density at radius 2 is 1.70 bits per heavy atom. The first-order valence-electron chi connectivity index (χ1n) is 10.5. The van der Waals surface area contributed by atoms with Gasteiger partial charge in [-0.2, -0.15) is 0 Å². The number of rotatable bonds is 4. The summed E-state index contributed by atoms with van der Waals surface area (Å²) in [5, 5.41) is 4.51. The van der Waals surface area contributed by atoms with Crippen LogP contribution in [0.1, 0.15) is 80.7 Å². The van der Waals surface area contributed by atoms with Crippen LogP contribution in [0.5, 0.6) is 0 Å². The third kappa shape index (κ3) is 3.16. The lowest BCUT2D eigenvalue weighted by Gasteiger charge is -2.32. The average molecular weight is 381 g/mol. The molecule has 5 rings (SSSR count). The van der Waals surface area contributed by atoms with Gasteiger partial charge in [0.25, 0.3) is 0 Å². The first-order valence-corrected chi connectivity index (χ1v) is 10.9. The van der Waals surface area contributed by atoms with Crippen molar-refractivity contribution in [2.75, 3.05) is 0 Å². The second-order valence-corrected chi connectivity index (χ2v) is 8.69. The maximum atomic E-state index is 5.83. The van der Waals surface area contributed by atoms with Gasteiger partial charge in [-0.15, -0.1) is 0 Å². The summed E-state index contributed by atoms with van der Waals surface area (Å²) in [7, 11) is 0. The van der Waals surface area contributed by atoms with Crippen LogP contribution in [0.2, 0.25) is 0 Å². The number of aromatic nitrogens is 2.